The summed E-state index contributed by atoms with van der Waals surface area (Å²) in [5.41, 5.74) is 3.98. The monoisotopic (exact) mass is 419 g/mol. The number of hydrogen-bond donors (Lipinski definition) is 0. The van der Waals surface area contributed by atoms with Crippen molar-refractivity contribution in [2.75, 3.05) is 4.90 Å². The summed E-state index contributed by atoms with van der Waals surface area (Å²) in [4.78, 5) is 20.0. The highest BCUT2D eigenvalue weighted by Gasteiger charge is 2.24. The quantitative estimate of drug-likeness (QED) is 0.452. The van der Waals surface area contributed by atoms with E-state index in [-0.39, 0.29) is 5.91 Å². The predicted molar refractivity (Wildman–Crippen MR) is 111 cm³/mol. The van der Waals surface area contributed by atoms with Gasteiger partial charge in [-0.05, 0) is 52.7 Å². The van der Waals surface area contributed by atoms with Crippen LogP contribution in [0.15, 0.2) is 83.5 Å². The van der Waals surface area contributed by atoms with Gasteiger partial charge in [0.2, 0.25) is 0 Å². The van der Waals surface area contributed by atoms with Crippen molar-refractivity contribution in [3.05, 3.63) is 100 Å². The van der Waals surface area contributed by atoms with Gasteiger partial charge in [-0.15, -0.1) is 0 Å². The summed E-state index contributed by atoms with van der Waals surface area (Å²) >= 11 is 3.49. The Kier molecular flexibility index (Phi) is 4.77. The number of amides is 1. The van der Waals surface area contributed by atoms with Crippen molar-refractivity contribution in [1.82, 2.24) is 9.38 Å². The van der Waals surface area contributed by atoms with E-state index in [0.717, 1.165) is 21.4 Å². The first-order valence-electron chi connectivity index (χ1n) is 8.68. The third-order valence-electron chi connectivity index (χ3n) is 4.46. The highest BCUT2D eigenvalue weighted by molar-refractivity contribution is 9.10. The first-order chi connectivity index (χ1) is 13.1. The molecule has 2 aromatic heterocycles. The van der Waals surface area contributed by atoms with E-state index < -0.39 is 0 Å². The third kappa shape index (κ3) is 3.51. The molecule has 134 valence electrons. The first-order valence-corrected chi connectivity index (χ1v) is 9.48. The standard InChI is InChI=1S/C22H18BrN3O/c1-16-21(26-15-18(23)12-13-20(26)24-16)22(27)25(19-10-6-3-7-11-19)14-17-8-4-2-5-9-17/h2-13,15H,14H2,1H3. The highest BCUT2D eigenvalue weighted by atomic mass is 79.9. The van der Waals surface area contributed by atoms with E-state index in [1.54, 1.807) is 4.90 Å². The second-order valence-electron chi connectivity index (χ2n) is 6.33. The summed E-state index contributed by atoms with van der Waals surface area (Å²) in [7, 11) is 0. The molecule has 0 saturated carbocycles. The number of carbonyl (C=O) groups excluding carboxylic acids is 1. The van der Waals surface area contributed by atoms with E-state index in [4.69, 9.17) is 0 Å². The Morgan fingerprint density at radius 2 is 1.67 bits per heavy atom. The van der Waals surface area contributed by atoms with Crippen LogP contribution in [0.5, 0.6) is 0 Å². The fourth-order valence-corrected chi connectivity index (χ4v) is 3.51. The number of pyridine rings is 1. The molecule has 4 rings (SSSR count). The smallest absolute Gasteiger partial charge is 0.277 e. The number of imidazole rings is 1. The minimum absolute atomic E-state index is 0.0758. The lowest BCUT2D eigenvalue weighted by Gasteiger charge is -2.23. The maximum absolute atomic E-state index is 13.6. The summed E-state index contributed by atoms with van der Waals surface area (Å²) in [6, 6.07) is 23.6. The predicted octanol–water partition coefficient (Wildman–Crippen LogP) is 5.25. The van der Waals surface area contributed by atoms with Gasteiger partial charge in [-0.3, -0.25) is 9.20 Å². The molecule has 2 aromatic carbocycles. The minimum atomic E-state index is -0.0758. The summed E-state index contributed by atoms with van der Waals surface area (Å²) in [6.07, 6.45) is 1.88. The van der Waals surface area contributed by atoms with Crippen LogP contribution >= 0.6 is 15.9 Å². The molecule has 0 aliphatic rings. The number of nitrogens with zero attached hydrogens (tertiary/aromatic N) is 3. The fraction of sp³-hybridized carbons (Fsp3) is 0.0909. The maximum Gasteiger partial charge on any atom is 0.277 e. The van der Waals surface area contributed by atoms with Crippen molar-refractivity contribution in [3.63, 3.8) is 0 Å². The fourth-order valence-electron chi connectivity index (χ4n) is 3.18. The zero-order chi connectivity index (χ0) is 18.8. The molecule has 0 unspecified atom stereocenters. The minimum Gasteiger partial charge on any atom is -0.303 e. The molecule has 4 nitrogen and oxygen atoms in total. The number of halogens is 1. The van der Waals surface area contributed by atoms with Crippen LogP contribution in [0, 0.1) is 6.92 Å². The van der Waals surface area contributed by atoms with E-state index in [2.05, 4.69) is 20.9 Å². The molecule has 0 bridgehead atoms. The molecule has 2 heterocycles. The first kappa shape index (κ1) is 17.5. The number of hydrogen-bond acceptors (Lipinski definition) is 2. The Morgan fingerprint density at radius 3 is 2.37 bits per heavy atom. The second-order valence-corrected chi connectivity index (χ2v) is 7.25. The van der Waals surface area contributed by atoms with Gasteiger partial charge in [-0.2, -0.15) is 0 Å². The number of carbonyl (C=O) groups is 1. The van der Waals surface area contributed by atoms with Crippen LogP contribution in [0.1, 0.15) is 21.7 Å². The van der Waals surface area contributed by atoms with Crippen LogP contribution in [0.4, 0.5) is 5.69 Å². The molecule has 0 aliphatic heterocycles. The summed E-state index contributed by atoms with van der Waals surface area (Å²) < 4.78 is 2.75. The molecule has 0 fully saturated rings. The lowest BCUT2D eigenvalue weighted by molar-refractivity contribution is 0.0979. The Labute approximate surface area is 166 Å². The van der Waals surface area contributed by atoms with Crippen LogP contribution in [-0.2, 0) is 6.54 Å². The normalized spacial score (nSPS) is 10.9. The van der Waals surface area contributed by atoms with Gasteiger partial charge < -0.3 is 4.90 Å². The number of anilines is 1. The number of rotatable bonds is 4. The number of aromatic nitrogens is 2. The van der Waals surface area contributed by atoms with E-state index in [0.29, 0.717) is 17.9 Å². The molecule has 27 heavy (non-hydrogen) atoms. The van der Waals surface area contributed by atoms with Gasteiger partial charge in [-0.25, -0.2) is 4.98 Å². The Bertz CT molecular complexity index is 1090. The van der Waals surface area contributed by atoms with Crippen molar-refractivity contribution in [2.45, 2.75) is 13.5 Å². The molecule has 0 atom stereocenters. The van der Waals surface area contributed by atoms with Crippen LogP contribution in [0.3, 0.4) is 0 Å². The van der Waals surface area contributed by atoms with Gasteiger partial charge >= 0.3 is 0 Å². The highest BCUT2D eigenvalue weighted by Crippen LogP contribution is 2.23. The van der Waals surface area contributed by atoms with Crippen LogP contribution in [-0.4, -0.2) is 15.3 Å². The molecular weight excluding hydrogens is 402 g/mol. The van der Waals surface area contributed by atoms with E-state index in [1.165, 1.54) is 0 Å². The number of fused-ring (bicyclic) bond motifs is 1. The van der Waals surface area contributed by atoms with E-state index in [9.17, 15) is 4.79 Å². The van der Waals surface area contributed by atoms with Gasteiger partial charge in [-0.1, -0.05) is 48.5 Å². The molecule has 4 aromatic rings. The molecule has 5 heteroatoms. The molecule has 0 radical (unpaired) electrons. The van der Waals surface area contributed by atoms with Crippen LogP contribution < -0.4 is 4.90 Å². The zero-order valence-electron chi connectivity index (χ0n) is 14.8. The maximum atomic E-state index is 13.6. The van der Waals surface area contributed by atoms with Crippen molar-refractivity contribution in [1.29, 1.82) is 0 Å². The SMILES string of the molecule is Cc1nc2ccc(Br)cn2c1C(=O)N(Cc1ccccc1)c1ccccc1. The summed E-state index contributed by atoms with van der Waals surface area (Å²) in [5.74, 6) is -0.0758. The number of aryl methyl sites for hydroxylation is 1. The Hall–Kier alpha value is -2.92. The van der Waals surface area contributed by atoms with Crippen molar-refractivity contribution < 1.29 is 4.79 Å². The lowest BCUT2D eigenvalue weighted by Crippen LogP contribution is -2.31. The Morgan fingerprint density at radius 1 is 1.00 bits per heavy atom. The average Bonchev–Trinajstić information content (AvgIpc) is 3.02. The van der Waals surface area contributed by atoms with Crippen LogP contribution in [0.2, 0.25) is 0 Å². The van der Waals surface area contributed by atoms with Crippen molar-refractivity contribution >= 4 is 33.2 Å². The molecule has 0 saturated heterocycles. The Balaban J connectivity index is 1.82. The van der Waals surface area contributed by atoms with Crippen molar-refractivity contribution in [2.24, 2.45) is 0 Å². The molecule has 1 amide bonds. The largest absolute Gasteiger partial charge is 0.303 e. The molecule has 0 N–H and O–H groups in total. The number of benzene rings is 2. The lowest BCUT2D eigenvalue weighted by atomic mass is 10.1. The summed E-state index contributed by atoms with van der Waals surface area (Å²) in [6.45, 7) is 2.37. The van der Waals surface area contributed by atoms with Gasteiger partial charge in [0.15, 0.2) is 0 Å². The second kappa shape index (κ2) is 7.37. The number of para-hydroxylation sites is 1. The van der Waals surface area contributed by atoms with Gasteiger partial charge in [0.1, 0.15) is 11.3 Å². The molecule has 0 aliphatic carbocycles. The molecule has 0 spiro atoms. The topological polar surface area (TPSA) is 37.6 Å². The van der Waals surface area contributed by atoms with Gasteiger partial charge in [0.25, 0.3) is 5.91 Å². The van der Waals surface area contributed by atoms with E-state index >= 15 is 0 Å². The van der Waals surface area contributed by atoms with Crippen LogP contribution in [0.25, 0.3) is 5.65 Å². The van der Waals surface area contributed by atoms with Gasteiger partial charge in [0.05, 0.1) is 12.2 Å². The van der Waals surface area contributed by atoms with E-state index in [1.807, 2.05) is 90.3 Å². The average molecular weight is 420 g/mol. The third-order valence-corrected chi connectivity index (χ3v) is 4.92. The zero-order valence-corrected chi connectivity index (χ0v) is 16.4. The van der Waals surface area contributed by atoms with Gasteiger partial charge in [0, 0.05) is 16.4 Å². The summed E-state index contributed by atoms with van der Waals surface area (Å²) in [5, 5.41) is 0. The molecular formula is C22H18BrN3O. The van der Waals surface area contributed by atoms with Crippen molar-refractivity contribution in [3.8, 4) is 0 Å².